The van der Waals surface area contributed by atoms with Gasteiger partial charge in [0.1, 0.15) is 18.0 Å². The quantitative estimate of drug-likeness (QED) is 0.632. The predicted molar refractivity (Wildman–Crippen MR) is 123 cm³/mol. The summed E-state index contributed by atoms with van der Waals surface area (Å²) in [4.78, 5) is 28.5. The average molecular weight is 417 g/mol. The molecule has 0 saturated carbocycles. The van der Waals surface area contributed by atoms with Crippen molar-refractivity contribution in [1.82, 2.24) is 19.8 Å². The number of carbonyl (C=O) groups excluding carboxylic acids is 1. The highest BCUT2D eigenvalue weighted by Crippen LogP contribution is 2.26. The number of nitrogens with one attached hydrogen (secondary N) is 1. The minimum atomic E-state index is 0.343. The predicted octanol–water partition coefficient (Wildman–Crippen LogP) is 3.24. The third-order valence-corrected chi connectivity index (χ3v) is 6.37. The van der Waals surface area contributed by atoms with Gasteiger partial charge < -0.3 is 15.1 Å². The van der Waals surface area contributed by atoms with Crippen LogP contribution in [0.15, 0.2) is 12.4 Å². The number of hydrogen-bond donors (Lipinski definition) is 1. The first-order valence-electron chi connectivity index (χ1n) is 12.0. The first-order chi connectivity index (χ1) is 14.7. The van der Waals surface area contributed by atoms with Crippen molar-refractivity contribution in [3.8, 4) is 0 Å². The number of piperazine rings is 1. The maximum Gasteiger partial charge on any atom is 0.222 e. The van der Waals surface area contributed by atoms with E-state index in [4.69, 9.17) is 0 Å². The van der Waals surface area contributed by atoms with Crippen molar-refractivity contribution in [2.75, 3.05) is 62.6 Å². The summed E-state index contributed by atoms with van der Waals surface area (Å²) in [6.07, 6.45) is 9.26. The van der Waals surface area contributed by atoms with Crippen molar-refractivity contribution < 1.29 is 4.79 Å². The average Bonchev–Trinajstić information content (AvgIpc) is 2.80. The van der Waals surface area contributed by atoms with Crippen LogP contribution in [0.4, 0.5) is 11.6 Å². The molecule has 1 atom stereocenters. The van der Waals surface area contributed by atoms with Crippen molar-refractivity contribution in [2.24, 2.45) is 5.92 Å². The monoisotopic (exact) mass is 416 g/mol. The summed E-state index contributed by atoms with van der Waals surface area (Å²) in [6, 6.07) is 2.06. The summed E-state index contributed by atoms with van der Waals surface area (Å²) in [7, 11) is 0. The van der Waals surface area contributed by atoms with E-state index in [0.717, 1.165) is 76.7 Å². The molecule has 2 fully saturated rings. The molecule has 7 heteroatoms. The number of nitrogens with zero attached hydrogens (tertiary/aromatic N) is 5. The number of aromatic nitrogens is 2. The molecular weight excluding hydrogens is 376 g/mol. The van der Waals surface area contributed by atoms with Gasteiger partial charge in [-0.25, -0.2) is 9.97 Å². The van der Waals surface area contributed by atoms with Crippen molar-refractivity contribution in [1.29, 1.82) is 0 Å². The zero-order valence-corrected chi connectivity index (χ0v) is 19.0. The fourth-order valence-corrected chi connectivity index (χ4v) is 4.47. The minimum Gasteiger partial charge on any atom is -0.370 e. The number of unbranched alkanes of at least 4 members (excludes halogenated alkanes) is 1. The molecule has 1 aromatic heterocycles. The Balaban J connectivity index is 1.42. The van der Waals surface area contributed by atoms with E-state index < -0.39 is 0 Å². The Bertz CT molecular complexity index is 646. The van der Waals surface area contributed by atoms with Crippen LogP contribution < -0.4 is 10.2 Å². The summed E-state index contributed by atoms with van der Waals surface area (Å²) in [5.74, 6) is 2.81. The highest BCUT2D eigenvalue weighted by molar-refractivity contribution is 5.76. The molecule has 2 saturated heterocycles. The van der Waals surface area contributed by atoms with E-state index in [9.17, 15) is 4.79 Å². The van der Waals surface area contributed by atoms with Gasteiger partial charge in [-0.05, 0) is 44.6 Å². The molecule has 0 aromatic carbocycles. The molecule has 0 aliphatic carbocycles. The van der Waals surface area contributed by atoms with Gasteiger partial charge in [0, 0.05) is 58.3 Å². The van der Waals surface area contributed by atoms with Crippen LogP contribution in [0, 0.1) is 5.92 Å². The summed E-state index contributed by atoms with van der Waals surface area (Å²) in [6.45, 7) is 12.4. The highest BCUT2D eigenvalue weighted by atomic mass is 16.2. The van der Waals surface area contributed by atoms with Crippen LogP contribution in [-0.2, 0) is 4.79 Å². The lowest BCUT2D eigenvalue weighted by Gasteiger charge is -2.36. The number of hydrogen-bond acceptors (Lipinski definition) is 6. The summed E-state index contributed by atoms with van der Waals surface area (Å²) in [5, 5.41) is 3.34. The van der Waals surface area contributed by atoms with Crippen molar-refractivity contribution >= 4 is 17.5 Å². The van der Waals surface area contributed by atoms with Gasteiger partial charge in [-0.2, -0.15) is 0 Å². The second-order valence-corrected chi connectivity index (χ2v) is 8.76. The number of amides is 1. The molecular formula is C23H40N6O. The molecule has 168 valence electrons. The van der Waals surface area contributed by atoms with Gasteiger partial charge in [0.05, 0.1) is 0 Å². The third-order valence-electron chi connectivity index (χ3n) is 6.37. The van der Waals surface area contributed by atoms with E-state index in [1.165, 1.54) is 25.8 Å². The Kier molecular flexibility index (Phi) is 9.18. The van der Waals surface area contributed by atoms with Crippen LogP contribution in [0.1, 0.15) is 58.8 Å². The molecule has 7 nitrogen and oxygen atoms in total. The van der Waals surface area contributed by atoms with Crippen LogP contribution in [0.5, 0.6) is 0 Å². The molecule has 1 N–H and O–H groups in total. The Morgan fingerprint density at radius 2 is 1.97 bits per heavy atom. The van der Waals surface area contributed by atoms with E-state index in [2.05, 4.69) is 49.9 Å². The lowest BCUT2D eigenvalue weighted by molar-refractivity contribution is -0.133. The topological polar surface area (TPSA) is 64.6 Å². The molecule has 1 amide bonds. The van der Waals surface area contributed by atoms with Gasteiger partial charge in [0.2, 0.25) is 5.91 Å². The second-order valence-electron chi connectivity index (χ2n) is 8.76. The summed E-state index contributed by atoms with van der Waals surface area (Å²) >= 11 is 0. The van der Waals surface area contributed by atoms with Crippen molar-refractivity contribution in [3.63, 3.8) is 0 Å². The van der Waals surface area contributed by atoms with E-state index in [1.807, 2.05) is 0 Å². The van der Waals surface area contributed by atoms with Crippen LogP contribution in [0.25, 0.3) is 0 Å². The van der Waals surface area contributed by atoms with Crippen molar-refractivity contribution in [2.45, 2.75) is 58.8 Å². The molecule has 3 rings (SSSR count). The zero-order chi connectivity index (χ0) is 21.2. The SMILES string of the molecule is CCCCN1CCN(C(=O)CC[C@@H]2CCCN(c3cc(NCCC)ncn3)C2)CC1. The van der Waals surface area contributed by atoms with Crippen molar-refractivity contribution in [3.05, 3.63) is 12.4 Å². The fraction of sp³-hybridized carbons (Fsp3) is 0.783. The smallest absolute Gasteiger partial charge is 0.222 e. The van der Waals surface area contributed by atoms with Crippen LogP contribution in [0.3, 0.4) is 0 Å². The van der Waals surface area contributed by atoms with Crippen LogP contribution >= 0.6 is 0 Å². The van der Waals surface area contributed by atoms with Crippen LogP contribution in [-0.4, -0.2) is 78.0 Å². The van der Waals surface area contributed by atoms with Gasteiger partial charge >= 0.3 is 0 Å². The third kappa shape index (κ3) is 6.83. The molecule has 0 unspecified atom stereocenters. The fourth-order valence-electron chi connectivity index (χ4n) is 4.47. The largest absolute Gasteiger partial charge is 0.370 e. The first kappa shape index (κ1) is 22.8. The highest BCUT2D eigenvalue weighted by Gasteiger charge is 2.24. The minimum absolute atomic E-state index is 0.343. The second kappa shape index (κ2) is 12.1. The lowest BCUT2D eigenvalue weighted by Crippen LogP contribution is -2.49. The van der Waals surface area contributed by atoms with Gasteiger partial charge in [0.15, 0.2) is 0 Å². The normalized spacial score (nSPS) is 20.4. The molecule has 0 spiro atoms. The van der Waals surface area contributed by atoms with E-state index >= 15 is 0 Å². The number of carbonyl (C=O) groups is 1. The zero-order valence-electron chi connectivity index (χ0n) is 19.0. The van der Waals surface area contributed by atoms with Gasteiger partial charge in [-0.1, -0.05) is 20.3 Å². The maximum absolute atomic E-state index is 12.7. The van der Waals surface area contributed by atoms with Crippen LogP contribution in [0.2, 0.25) is 0 Å². The molecule has 0 radical (unpaired) electrons. The van der Waals surface area contributed by atoms with Gasteiger partial charge in [-0.15, -0.1) is 0 Å². The molecule has 1 aromatic rings. The molecule has 0 bridgehead atoms. The first-order valence-corrected chi connectivity index (χ1v) is 12.0. The Morgan fingerprint density at radius 3 is 2.73 bits per heavy atom. The lowest BCUT2D eigenvalue weighted by atomic mass is 9.93. The number of piperidine rings is 1. The Labute approximate surface area is 182 Å². The number of anilines is 2. The summed E-state index contributed by atoms with van der Waals surface area (Å²) in [5.41, 5.74) is 0. The maximum atomic E-state index is 12.7. The Morgan fingerprint density at radius 1 is 1.13 bits per heavy atom. The molecule has 2 aliphatic rings. The molecule has 30 heavy (non-hydrogen) atoms. The standard InChI is InChI=1S/C23H40N6O/c1-3-5-11-27-13-15-28(16-14-27)23(30)9-8-20-7-6-12-29(18-20)22-17-21(24-10-4-2)25-19-26-22/h17,19-20H,3-16,18H2,1-2H3,(H,24,25,26)/t20-/m0/s1. The summed E-state index contributed by atoms with van der Waals surface area (Å²) < 4.78 is 0. The van der Waals surface area contributed by atoms with E-state index in [-0.39, 0.29) is 0 Å². The molecule has 3 heterocycles. The van der Waals surface area contributed by atoms with Gasteiger partial charge in [-0.3, -0.25) is 9.69 Å². The van der Waals surface area contributed by atoms with Gasteiger partial charge in [0.25, 0.3) is 0 Å². The molecule has 2 aliphatic heterocycles. The van der Waals surface area contributed by atoms with E-state index in [0.29, 0.717) is 18.2 Å². The Hall–Kier alpha value is -1.89. The number of rotatable bonds is 10. The van der Waals surface area contributed by atoms with E-state index in [1.54, 1.807) is 6.33 Å².